The van der Waals surface area contributed by atoms with E-state index >= 15 is 0 Å². The quantitative estimate of drug-likeness (QED) is 0.658. The summed E-state index contributed by atoms with van der Waals surface area (Å²) in [6.07, 6.45) is 2.94. The summed E-state index contributed by atoms with van der Waals surface area (Å²) in [5.74, 6) is 0. The number of aliphatic hydroxyl groups excluding tert-OH is 1. The molecule has 0 fully saturated rings. The molecule has 98 valence electrons. The van der Waals surface area contributed by atoms with Crippen molar-refractivity contribution >= 4 is 5.69 Å². The smallest absolute Gasteiger partial charge is 0.269 e. The van der Waals surface area contributed by atoms with Crippen LogP contribution in [0.1, 0.15) is 16.8 Å². The van der Waals surface area contributed by atoms with Gasteiger partial charge in [0, 0.05) is 37.1 Å². The fraction of sp³-hybridized carbons (Fsp3) is 0.214. The minimum Gasteiger partial charge on any atom is -0.396 e. The number of aromatic nitrogens is 1. The zero-order valence-electron chi connectivity index (χ0n) is 10.3. The molecular formula is C14H14N2O3. The summed E-state index contributed by atoms with van der Waals surface area (Å²) >= 11 is 0. The average molecular weight is 258 g/mol. The third kappa shape index (κ3) is 3.59. The summed E-state index contributed by atoms with van der Waals surface area (Å²) in [7, 11) is 0. The summed E-state index contributed by atoms with van der Waals surface area (Å²) < 4.78 is 0. The SMILES string of the molecule is O=[N+]([O-])c1ccc(Cc2ccnc(CCO)c2)cc1. The second-order valence-corrected chi connectivity index (χ2v) is 4.23. The number of pyridine rings is 1. The van der Waals surface area contributed by atoms with Crippen LogP contribution in [0.15, 0.2) is 42.6 Å². The highest BCUT2D eigenvalue weighted by atomic mass is 16.6. The van der Waals surface area contributed by atoms with E-state index in [0.29, 0.717) is 12.8 Å². The van der Waals surface area contributed by atoms with Crippen molar-refractivity contribution in [3.63, 3.8) is 0 Å². The van der Waals surface area contributed by atoms with Crippen molar-refractivity contribution in [2.24, 2.45) is 0 Å². The number of nitrogens with zero attached hydrogens (tertiary/aromatic N) is 2. The first-order valence-corrected chi connectivity index (χ1v) is 5.97. The van der Waals surface area contributed by atoms with Gasteiger partial charge in [-0.1, -0.05) is 12.1 Å². The molecule has 2 aromatic rings. The van der Waals surface area contributed by atoms with Crippen LogP contribution in [0.4, 0.5) is 5.69 Å². The maximum Gasteiger partial charge on any atom is 0.269 e. The van der Waals surface area contributed by atoms with E-state index < -0.39 is 4.92 Å². The Morgan fingerprint density at radius 3 is 2.53 bits per heavy atom. The van der Waals surface area contributed by atoms with Gasteiger partial charge < -0.3 is 5.11 Å². The molecule has 5 heteroatoms. The Hall–Kier alpha value is -2.27. The van der Waals surface area contributed by atoms with E-state index in [1.807, 2.05) is 12.1 Å². The minimum absolute atomic E-state index is 0.0774. The molecule has 0 unspecified atom stereocenters. The molecule has 0 amide bonds. The number of nitro groups is 1. The third-order valence-electron chi connectivity index (χ3n) is 2.80. The number of aliphatic hydroxyl groups is 1. The number of nitro benzene ring substituents is 1. The van der Waals surface area contributed by atoms with Gasteiger partial charge in [0.1, 0.15) is 0 Å². The van der Waals surface area contributed by atoms with Crippen LogP contribution in [0, 0.1) is 10.1 Å². The Kier molecular flexibility index (Phi) is 4.20. The minimum atomic E-state index is -0.407. The Morgan fingerprint density at radius 1 is 1.16 bits per heavy atom. The van der Waals surface area contributed by atoms with Crippen LogP contribution in [-0.4, -0.2) is 21.6 Å². The molecule has 1 N–H and O–H groups in total. The summed E-state index contributed by atoms with van der Waals surface area (Å²) in [6, 6.07) is 10.4. The molecule has 0 aliphatic rings. The lowest BCUT2D eigenvalue weighted by atomic mass is 10.0. The molecule has 2 rings (SSSR count). The molecule has 1 aromatic heterocycles. The van der Waals surface area contributed by atoms with Gasteiger partial charge in [-0.15, -0.1) is 0 Å². The van der Waals surface area contributed by atoms with E-state index in [9.17, 15) is 10.1 Å². The molecule has 0 bridgehead atoms. The van der Waals surface area contributed by atoms with E-state index in [1.54, 1.807) is 18.3 Å². The normalized spacial score (nSPS) is 10.4. The topological polar surface area (TPSA) is 76.3 Å². The fourth-order valence-corrected chi connectivity index (χ4v) is 1.86. The van der Waals surface area contributed by atoms with Crippen LogP contribution in [0.2, 0.25) is 0 Å². The Labute approximate surface area is 110 Å². The summed E-state index contributed by atoms with van der Waals surface area (Å²) in [5.41, 5.74) is 3.03. The van der Waals surface area contributed by atoms with Gasteiger partial charge in [-0.3, -0.25) is 15.1 Å². The van der Waals surface area contributed by atoms with Gasteiger partial charge in [0.2, 0.25) is 0 Å². The molecule has 1 heterocycles. The lowest BCUT2D eigenvalue weighted by molar-refractivity contribution is -0.384. The average Bonchev–Trinajstić information content (AvgIpc) is 2.40. The van der Waals surface area contributed by atoms with Gasteiger partial charge >= 0.3 is 0 Å². The molecule has 0 aliphatic heterocycles. The molecule has 0 spiro atoms. The van der Waals surface area contributed by atoms with Crippen LogP contribution in [0.5, 0.6) is 0 Å². The van der Waals surface area contributed by atoms with Crippen LogP contribution in [-0.2, 0) is 12.8 Å². The zero-order chi connectivity index (χ0) is 13.7. The fourth-order valence-electron chi connectivity index (χ4n) is 1.86. The van der Waals surface area contributed by atoms with Crippen molar-refractivity contribution in [1.82, 2.24) is 4.98 Å². The lowest BCUT2D eigenvalue weighted by Crippen LogP contribution is -1.97. The number of benzene rings is 1. The second kappa shape index (κ2) is 6.06. The van der Waals surface area contributed by atoms with Gasteiger partial charge in [0.25, 0.3) is 5.69 Å². The predicted molar refractivity (Wildman–Crippen MR) is 70.9 cm³/mol. The first kappa shape index (κ1) is 13.2. The van der Waals surface area contributed by atoms with E-state index in [-0.39, 0.29) is 12.3 Å². The van der Waals surface area contributed by atoms with E-state index in [1.165, 1.54) is 12.1 Å². The Bertz CT molecular complexity index is 567. The Morgan fingerprint density at radius 2 is 1.89 bits per heavy atom. The maximum absolute atomic E-state index is 10.6. The third-order valence-corrected chi connectivity index (χ3v) is 2.80. The van der Waals surface area contributed by atoms with Crippen LogP contribution >= 0.6 is 0 Å². The van der Waals surface area contributed by atoms with Crippen LogP contribution < -0.4 is 0 Å². The predicted octanol–water partition coefficient (Wildman–Crippen LogP) is 2.12. The molecule has 0 saturated heterocycles. The zero-order valence-corrected chi connectivity index (χ0v) is 10.3. The number of hydrogen-bond donors (Lipinski definition) is 1. The lowest BCUT2D eigenvalue weighted by Gasteiger charge is -2.04. The van der Waals surface area contributed by atoms with Crippen molar-refractivity contribution in [3.8, 4) is 0 Å². The highest BCUT2D eigenvalue weighted by Crippen LogP contribution is 2.15. The van der Waals surface area contributed by atoms with E-state index in [0.717, 1.165) is 16.8 Å². The largest absolute Gasteiger partial charge is 0.396 e. The summed E-state index contributed by atoms with van der Waals surface area (Å²) in [4.78, 5) is 14.3. The monoisotopic (exact) mass is 258 g/mol. The van der Waals surface area contributed by atoms with Gasteiger partial charge in [-0.2, -0.15) is 0 Å². The van der Waals surface area contributed by atoms with Gasteiger partial charge in [-0.25, -0.2) is 0 Å². The van der Waals surface area contributed by atoms with E-state index in [2.05, 4.69) is 4.98 Å². The van der Waals surface area contributed by atoms with Crippen molar-refractivity contribution in [1.29, 1.82) is 0 Å². The summed E-state index contributed by atoms with van der Waals surface area (Å²) in [5, 5.41) is 19.4. The highest BCUT2D eigenvalue weighted by Gasteiger charge is 2.05. The van der Waals surface area contributed by atoms with Gasteiger partial charge in [0.05, 0.1) is 4.92 Å². The first-order valence-electron chi connectivity index (χ1n) is 5.97. The standard InChI is InChI=1S/C14H14N2O3/c17-8-6-13-10-12(5-7-15-13)9-11-1-3-14(4-2-11)16(18)19/h1-5,7,10,17H,6,8-9H2. The van der Waals surface area contributed by atoms with Gasteiger partial charge in [-0.05, 0) is 29.7 Å². The van der Waals surface area contributed by atoms with Crippen LogP contribution in [0.3, 0.4) is 0 Å². The second-order valence-electron chi connectivity index (χ2n) is 4.23. The maximum atomic E-state index is 10.6. The number of rotatable bonds is 5. The first-order chi connectivity index (χ1) is 9.19. The Balaban J connectivity index is 2.12. The molecular weight excluding hydrogens is 244 g/mol. The van der Waals surface area contributed by atoms with Crippen LogP contribution in [0.25, 0.3) is 0 Å². The van der Waals surface area contributed by atoms with Gasteiger partial charge in [0.15, 0.2) is 0 Å². The molecule has 1 aromatic carbocycles. The summed E-state index contributed by atoms with van der Waals surface area (Å²) in [6.45, 7) is 0.0774. The van der Waals surface area contributed by atoms with Crippen molar-refractivity contribution in [3.05, 3.63) is 69.5 Å². The van der Waals surface area contributed by atoms with Crippen molar-refractivity contribution in [2.75, 3.05) is 6.61 Å². The highest BCUT2D eigenvalue weighted by molar-refractivity contribution is 5.35. The van der Waals surface area contributed by atoms with E-state index in [4.69, 9.17) is 5.11 Å². The number of non-ortho nitro benzene ring substituents is 1. The number of hydrogen-bond acceptors (Lipinski definition) is 4. The molecule has 19 heavy (non-hydrogen) atoms. The molecule has 5 nitrogen and oxygen atoms in total. The molecule has 0 saturated carbocycles. The molecule has 0 atom stereocenters. The van der Waals surface area contributed by atoms with Crippen molar-refractivity contribution in [2.45, 2.75) is 12.8 Å². The van der Waals surface area contributed by atoms with Crippen molar-refractivity contribution < 1.29 is 10.0 Å². The molecule has 0 aliphatic carbocycles. The molecule has 0 radical (unpaired) electrons.